The van der Waals surface area contributed by atoms with E-state index >= 15 is 0 Å². The number of ether oxygens (including phenoxy) is 1. The largest absolute Gasteiger partial charge is 0.496 e. The van der Waals surface area contributed by atoms with Gasteiger partial charge in [0.15, 0.2) is 0 Å². The van der Waals surface area contributed by atoms with Crippen molar-refractivity contribution >= 4 is 28.9 Å². The van der Waals surface area contributed by atoms with E-state index in [2.05, 4.69) is 44.0 Å². The maximum atomic E-state index is 12.8. The van der Waals surface area contributed by atoms with Gasteiger partial charge < -0.3 is 15.0 Å². The molecule has 1 heterocycles. The minimum atomic E-state index is -0.445. The lowest BCUT2D eigenvalue weighted by molar-refractivity contribution is -0.112. The highest BCUT2D eigenvalue weighted by Crippen LogP contribution is 2.42. The van der Waals surface area contributed by atoms with Crippen molar-refractivity contribution in [1.29, 1.82) is 5.26 Å². The number of allylic oxidation sites excluding steroid dienone is 1. The monoisotopic (exact) mass is 429 g/mol. The van der Waals surface area contributed by atoms with Crippen LogP contribution in [0, 0.1) is 25.2 Å². The molecule has 32 heavy (non-hydrogen) atoms. The molecule has 3 rings (SSSR count). The number of rotatable bonds is 5. The van der Waals surface area contributed by atoms with E-state index in [-0.39, 0.29) is 11.1 Å². The molecule has 1 amide bonds. The summed E-state index contributed by atoms with van der Waals surface area (Å²) in [6, 6.07) is 11.7. The molecule has 1 N–H and O–H groups in total. The molecule has 0 atom stereocenters. The van der Waals surface area contributed by atoms with Crippen LogP contribution in [0.2, 0.25) is 0 Å². The van der Waals surface area contributed by atoms with Crippen molar-refractivity contribution in [3.63, 3.8) is 0 Å². The van der Waals surface area contributed by atoms with Gasteiger partial charge >= 0.3 is 0 Å². The second kappa shape index (κ2) is 8.92. The Morgan fingerprint density at radius 3 is 2.50 bits per heavy atom. The minimum Gasteiger partial charge on any atom is -0.496 e. The van der Waals surface area contributed by atoms with E-state index < -0.39 is 5.91 Å². The lowest BCUT2D eigenvalue weighted by Gasteiger charge is -2.43. The summed E-state index contributed by atoms with van der Waals surface area (Å²) in [5.41, 5.74) is 6.81. The molecule has 0 aliphatic carbocycles. The van der Waals surface area contributed by atoms with Crippen LogP contribution >= 0.6 is 0 Å². The normalized spacial score (nSPS) is 14.9. The van der Waals surface area contributed by atoms with Crippen LogP contribution in [0.15, 0.2) is 42.0 Å². The molecule has 2 aromatic carbocycles. The molecule has 0 bridgehead atoms. The van der Waals surface area contributed by atoms with Crippen LogP contribution in [0.25, 0.3) is 11.6 Å². The number of carbonyl (C=O) groups is 1. The van der Waals surface area contributed by atoms with Gasteiger partial charge in [0, 0.05) is 35.1 Å². The number of aryl methyl sites for hydroxylation is 2. The third-order valence-electron chi connectivity index (χ3n) is 6.07. The van der Waals surface area contributed by atoms with E-state index in [1.807, 2.05) is 50.2 Å². The van der Waals surface area contributed by atoms with Crippen LogP contribution in [0.3, 0.4) is 0 Å². The summed E-state index contributed by atoms with van der Waals surface area (Å²) in [6.07, 6.45) is 3.84. The zero-order valence-corrected chi connectivity index (χ0v) is 20.0. The Morgan fingerprint density at radius 2 is 1.91 bits per heavy atom. The maximum Gasteiger partial charge on any atom is 0.266 e. The second-order valence-corrected chi connectivity index (χ2v) is 8.76. The van der Waals surface area contributed by atoms with Gasteiger partial charge in [-0.25, -0.2) is 0 Å². The topological polar surface area (TPSA) is 65.4 Å². The number of fused-ring (bicyclic) bond motifs is 1. The van der Waals surface area contributed by atoms with E-state index in [4.69, 9.17) is 4.74 Å². The summed E-state index contributed by atoms with van der Waals surface area (Å²) in [6.45, 7) is 13.4. The first kappa shape index (κ1) is 23.1. The van der Waals surface area contributed by atoms with Crippen molar-refractivity contribution in [3.05, 3.63) is 64.2 Å². The first-order valence-electron chi connectivity index (χ1n) is 10.8. The van der Waals surface area contributed by atoms with Gasteiger partial charge in [-0.3, -0.25) is 4.79 Å². The van der Waals surface area contributed by atoms with Crippen molar-refractivity contribution in [2.45, 2.75) is 47.1 Å². The summed E-state index contributed by atoms with van der Waals surface area (Å²) in [7, 11) is 1.60. The maximum absolute atomic E-state index is 12.8. The van der Waals surface area contributed by atoms with E-state index in [1.165, 1.54) is 0 Å². The van der Waals surface area contributed by atoms with Gasteiger partial charge in [0.05, 0.1) is 12.6 Å². The molecule has 1 aliphatic heterocycles. The van der Waals surface area contributed by atoms with Gasteiger partial charge in [-0.1, -0.05) is 12.1 Å². The highest BCUT2D eigenvalue weighted by atomic mass is 16.5. The molecule has 0 fully saturated rings. The third kappa shape index (κ3) is 4.40. The SMILES string of the molecule is CCN1c2cc(OC)c(/C=C(\C#N)C(=O)Nc3ccc(C)c(C)c3)cc2C(C)=CC1(C)C. The Morgan fingerprint density at radius 1 is 1.19 bits per heavy atom. The Hall–Kier alpha value is -3.52. The zero-order chi connectivity index (χ0) is 23.6. The van der Waals surface area contributed by atoms with Gasteiger partial charge in [-0.2, -0.15) is 5.26 Å². The zero-order valence-electron chi connectivity index (χ0n) is 20.0. The lowest BCUT2D eigenvalue weighted by atomic mass is 9.87. The van der Waals surface area contributed by atoms with Crippen LogP contribution < -0.4 is 15.0 Å². The van der Waals surface area contributed by atoms with E-state index in [0.717, 1.165) is 34.5 Å². The number of nitriles is 1. The molecular formula is C27H31N3O2. The molecule has 0 aromatic heterocycles. The van der Waals surface area contributed by atoms with Gasteiger partial charge in [-0.05, 0) is 82.5 Å². The first-order valence-corrected chi connectivity index (χ1v) is 10.8. The van der Waals surface area contributed by atoms with Gasteiger partial charge in [0.1, 0.15) is 17.4 Å². The van der Waals surface area contributed by atoms with Crippen LogP contribution in [0.4, 0.5) is 11.4 Å². The highest BCUT2D eigenvalue weighted by molar-refractivity contribution is 6.10. The molecule has 5 heteroatoms. The van der Waals surface area contributed by atoms with Crippen LogP contribution in [-0.4, -0.2) is 25.1 Å². The molecule has 166 valence electrons. The molecule has 0 unspecified atom stereocenters. The van der Waals surface area contributed by atoms with E-state index in [1.54, 1.807) is 13.2 Å². The molecule has 0 spiro atoms. The minimum absolute atomic E-state index is 0.0200. The van der Waals surface area contributed by atoms with Gasteiger partial charge in [0.2, 0.25) is 0 Å². The number of likely N-dealkylation sites (N-methyl/N-ethyl adjacent to an activating group) is 1. The lowest BCUT2D eigenvalue weighted by Crippen LogP contribution is -2.44. The predicted molar refractivity (Wildman–Crippen MR) is 132 cm³/mol. The molecule has 2 aromatic rings. The number of methoxy groups -OCH3 is 1. The smallest absolute Gasteiger partial charge is 0.266 e. The summed E-state index contributed by atoms with van der Waals surface area (Å²) in [5.74, 6) is 0.179. The number of carbonyl (C=O) groups excluding carboxylic acids is 1. The van der Waals surface area contributed by atoms with Crippen molar-refractivity contribution in [3.8, 4) is 11.8 Å². The quantitative estimate of drug-likeness (QED) is 0.476. The first-order chi connectivity index (χ1) is 15.1. The summed E-state index contributed by atoms with van der Waals surface area (Å²) < 4.78 is 5.65. The number of nitrogens with zero attached hydrogens (tertiary/aromatic N) is 2. The molecule has 1 aliphatic rings. The van der Waals surface area contributed by atoms with Gasteiger partial charge in [0.25, 0.3) is 5.91 Å². The predicted octanol–water partition coefficient (Wildman–Crippen LogP) is 5.88. The fraction of sp³-hybridized carbons (Fsp3) is 0.333. The van der Waals surface area contributed by atoms with E-state index in [0.29, 0.717) is 17.0 Å². The van der Waals surface area contributed by atoms with Crippen LogP contribution in [0.5, 0.6) is 5.75 Å². The number of nitrogens with one attached hydrogen (secondary N) is 1. The van der Waals surface area contributed by atoms with Crippen LogP contribution in [0.1, 0.15) is 49.9 Å². The summed E-state index contributed by atoms with van der Waals surface area (Å²) >= 11 is 0. The molecular weight excluding hydrogens is 398 g/mol. The number of benzene rings is 2. The van der Waals surface area contributed by atoms with Gasteiger partial charge in [-0.15, -0.1) is 0 Å². The molecule has 0 radical (unpaired) electrons. The number of hydrogen-bond acceptors (Lipinski definition) is 4. The van der Waals surface area contributed by atoms with Crippen LogP contribution in [-0.2, 0) is 4.79 Å². The summed E-state index contributed by atoms with van der Waals surface area (Å²) in [4.78, 5) is 15.1. The Balaban J connectivity index is 2.02. The second-order valence-electron chi connectivity index (χ2n) is 8.76. The standard InChI is InChI=1S/C27H31N3O2/c1-8-30-24-14-25(32-7)20(13-23(24)19(4)15-27(30,5)6)12-21(16-28)26(31)29-22-10-9-17(2)18(3)11-22/h9-15H,8H2,1-7H3,(H,29,31)/b21-12+. The molecule has 0 saturated carbocycles. The third-order valence-corrected chi connectivity index (χ3v) is 6.07. The van der Waals surface area contributed by atoms with E-state index in [9.17, 15) is 10.1 Å². The average molecular weight is 430 g/mol. The van der Waals surface area contributed by atoms with Crippen molar-refractivity contribution in [2.75, 3.05) is 23.9 Å². The highest BCUT2D eigenvalue weighted by Gasteiger charge is 2.31. The number of anilines is 2. The Bertz CT molecular complexity index is 1170. The van der Waals surface area contributed by atoms with Crippen molar-refractivity contribution in [2.24, 2.45) is 0 Å². The number of hydrogen-bond donors (Lipinski definition) is 1. The van der Waals surface area contributed by atoms with Crippen molar-refractivity contribution in [1.82, 2.24) is 0 Å². The van der Waals surface area contributed by atoms with Crippen molar-refractivity contribution < 1.29 is 9.53 Å². The fourth-order valence-corrected chi connectivity index (χ4v) is 4.31. The molecule has 5 nitrogen and oxygen atoms in total. The Labute approximate surface area is 191 Å². The number of amides is 1. The Kier molecular flexibility index (Phi) is 6.45. The molecule has 0 saturated heterocycles. The summed E-state index contributed by atoms with van der Waals surface area (Å²) in [5, 5.41) is 12.5. The fourth-order valence-electron chi connectivity index (χ4n) is 4.31. The average Bonchev–Trinajstić information content (AvgIpc) is 2.73.